The van der Waals surface area contributed by atoms with Crippen molar-refractivity contribution in [3.05, 3.63) is 37.1 Å². The number of hydrogen-bond acceptors (Lipinski definition) is 6. The minimum atomic E-state index is 0.330. The fourth-order valence-electron chi connectivity index (χ4n) is 4.97. The first-order chi connectivity index (χ1) is 15.2. The van der Waals surface area contributed by atoms with Crippen LogP contribution in [0.3, 0.4) is 0 Å². The number of carbonyl (C=O) groups is 1. The standard InChI is InChI=1S/C22H24N8O/c31-20-2-1-9-30(20)16-6-4-15(5-7-16)26-22-24-11-18-17(10-23-21(18)27-22)14-3-8-19-28-25-13-29(19)12-14/h3,8,10-13,15-16H,1-2,4-7,9H2,(H2,23,24,26,27)/t15-,16+. The summed E-state index contributed by atoms with van der Waals surface area (Å²) in [4.78, 5) is 26.7. The van der Waals surface area contributed by atoms with Crippen molar-refractivity contribution >= 4 is 28.5 Å². The number of likely N-dealkylation sites (tertiary alicyclic amines) is 1. The number of aromatic amines is 1. The normalized spacial score (nSPS) is 21.9. The van der Waals surface area contributed by atoms with Crippen molar-refractivity contribution in [2.24, 2.45) is 0 Å². The summed E-state index contributed by atoms with van der Waals surface area (Å²) in [6, 6.07) is 4.73. The van der Waals surface area contributed by atoms with Crippen LogP contribution >= 0.6 is 0 Å². The largest absolute Gasteiger partial charge is 0.351 e. The number of pyridine rings is 1. The molecule has 1 aliphatic heterocycles. The van der Waals surface area contributed by atoms with Gasteiger partial charge >= 0.3 is 0 Å². The molecule has 0 radical (unpaired) electrons. The van der Waals surface area contributed by atoms with Crippen molar-refractivity contribution in [3.63, 3.8) is 0 Å². The zero-order valence-corrected chi connectivity index (χ0v) is 17.2. The number of carbonyl (C=O) groups excluding carboxylic acids is 1. The first kappa shape index (κ1) is 18.3. The average molecular weight is 416 g/mol. The zero-order valence-electron chi connectivity index (χ0n) is 17.2. The maximum atomic E-state index is 12.0. The van der Waals surface area contributed by atoms with Gasteiger partial charge in [-0.05, 0) is 44.2 Å². The molecule has 158 valence electrons. The molecule has 2 N–H and O–H groups in total. The Morgan fingerprint density at radius 1 is 1.16 bits per heavy atom. The SMILES string of the molecule is O=C1CCCN1[C@H]1CC[C@@H](Nc2ncc3c(-c4ccc5nncn5c4)c[nH]c3n2)CC1. The van der Waals surface area contributed by atoms with Gasteiger partial charge in [-0.25, -0.2) is 4.98 Å². The highest BCUT2D eigenvalue weighted by Crippen LogP contribution is 2.30. The summed E-state index contributed by atoms with van der Waals surface area (Å²) < 4.78 is 1.90. The molecule has 0 unspecified atom stereocenters. The fraction of sp³-hybridized carbons (Fsp3) is 0.409. The average Bonchev–Trinajstić information content (AvgIpc) is 3.53. The lowest BCUT2D eigenvalue weighted by atomic mass is 9.90. The van der Waals surface area contributed by atoms with Crippen LogP contribution in [-0.2, 0) is 4.79 Å². The molecule has 9 heteroatoms. The van der Waals surface area contributed by atoms with E-state index in [1.807, 2.05) is 35.1 Å². The van der Waals surface area contributed by atoms with Crippen LogP contribution in [0.5, 0.6) is 0 Å². The lowest BCUT2D eigenvalue weighted by Gasteiger charge is -2.34. The highest BCUT2D eigenvalue weighted by molar-refractivity contribution is 5.93. The molecular weight excluding hydrogens is 392 g/mol. The maximum Gasteiger partial charge on any atom is 0.224 e. The molecule has 4 aromatic heterocycles. The van der Waals surface area contributed by atoms with Gasteiger partial charge in [-0.15, -0.1) is 10.2 Å². The molecule has 1 aliphatic carbocycles. The van der Waals surface area contributed by atoms with Crippen molar-refractivity contribution in [2.45, 2.75) is 50.6 Å². The van der Waals surface area contributed by atoms with Gasteiger partial charge in [0.05, 0.1) is 0 Å². The van der Waals surface area contributed by atoms with E-state index in [1.165, 1.54) is 0 Å². The zero-order chi connectivity index (χ0) is 20.8. The lowest BCUT2D eigenvalue weighted by Crippen LogP contribution is -2.41. The Hall–Kier alpha value is -3.49. The van der Waals surface area contributed by atoms with E-state index < -0.39 is 0 Å². The van der Waals surface area contributed by atoms with Crippen LogP contribution in [0, 0.1) is 0 Å². The number of rotatable bonds is 4. The van der Waals surface area contributed by atoms with Crippen LogP contribution < -0.4 is 5.32 Å². The molecule has 9 nitrogen and oxygen atoms in total. The molecular formula is C22H24N8O. The smallest absolute Gasteiger partial charge is 0.224 e. The third-order valence-electron chi connectivity index (χ3n) is 6.61. The second kappa shape index (κ2) is 7.33. The van der Waals surface area contributed by atoms with Crippen molar-refractivity contribution in [2.75, 3.05) is 11.9 Å². The van der Waals surface area contributed by atoms with Gasteiger partial charge < -0.3 is 15.2 Å². The second-order valence-electron chi connectivity index (χ2n) is 8.51. The number of anilines is 1. The Bertz CT molecular complexity index is 1250. The summed E-state index contributed by atoms with van der Waals surface area (Å²) in [5, 5.41) is 12.5. The van der Waals surface area contributed by atoms with Crippen LogP contribution in [0.1, 0.15) is 38.5 Å². The van der Waals surface area contributed by atoms with E-state index in [-0.39, 0.29) is 0 Å². The molecule has 0 spiro atoms. The van der Waals surface area contributed by atoms with Gasteiger partial charge in [0.2, 0.25) is 11.9 Å². The van der Waals surface area contributed by atoms with Crippen LogP contribution in [0.2, 0.25) is 0 Å². The molecule has 1 saturated carbocycles. The molecule has 31 heavy (non-hydrogen) atoms. The maximum absolute atomic E-state index is 12.0. The molecule has 0 bridgehead atoms. The number of hydrogen-bond donors (Lipinski definition) is 2. The summed E-state index contributed by atoms with van der Waals surface area (Å²) in [6.07, 6.45) is 13.4. The number of nitrogens with zero attached hydrogens (tertiary/aromatic N) is 6. The summed E-state index contributed by atoms with van der Waals surface area (Å²) in [7, 11) is 0. The van der Waals surface area contributed by atoms with Crippen molar-refractivity contribution < 1.29 is 4.79 Å². The highest BCUT2D eigenvalue weighted by atomic mass is 16.2. The second-order valence-corrected chi connectivity index (χ2v) is 8.51. The predicted octanol–water partition coefficient (Wildman–Crippen LogP) is 3.01. The Morgan fingerprint density at radius 3 is 2.90 bits per heavy atom. The van der Waals surface area contributed by atoms with Crippen LogP contribution in [-0.4, -0.2) is 59.0 Å². The van der Waals surface area contributed by atoms with Gasteiger partial charge in [-0.3, -0.25) is 9.20 Å². The van der Waals surface area contributed by atoms with Crippen LogP contribution in [0.4, 0.5) is 5.95 Å². The molecule has 0 aromatic carbocycles. The Labute approximate surface area is 178 Å². The van der Waals surface area contributed by atoms with Gasteiger partial charge in [0.15, 0.2) is 5.65 Å². The number of fused-ring (bicyclic) bond motifs is 2. The molecule has 2 aliphatic rings. The van der Waals surface area contributed by atoms with Gasteiger partial charge in [0.25, 0.3) is 0 Å². The van der Waals surface area contributed by atoms with E-state index in [4.69, 9.17) is 4.98 Å². The number of H-pyrrole nitrogens is 1. The van der Waals surface area contributed by atoms with Gasteiger partial charge in [-0.2, -0.15) is 4.98 Å². The third-order valence-corrected chi connectivity index (χ3v) is 6.61. The van der Waals surface area contributed by atoms with Gasteiger partial charge in [0, 0.05) is 60.2 Å². The van der Waals surface area contributed by atoms with Gasteiger partial charge in [-0.1, -0.05) is 0 Å². The molecule has 0 atom stereocenters. The van der Waals surface area contributed by atoms with Crippen LogP contribution in [0.15, 0.2) is 37.1 Å². The van der Waals surface area contributed by atoms with E-state index in [2.05, 4.69) is 30.4 Å². The molecule has 1 amide bonds. The van der Waals surface area contributed by atoms with E-state index in [0.717, 1.165) is 72.9 Å². The van der Waals surface area contributed by atoms with E-state index in [9.17, 15) is 4.79 Å². The topological polar surface area (TPSA) is 104 Å². The fourth-order valence-corrected chi connectivity index (χ4v) is 4.97. The summed E-state index contributed by atoms with van der Waals surface area (Å²) in [6.45, 7) is 0.931. The minimum absolute atomic E-state index is 0.330. The van der Waals surface area contributed by atoms with Crippen LogP contribution in [0.25, 0.3) is 27.8 Å². The molecule has 1 saturated heterocycles. The molecule has 2 fully saturated rings. The van der Waals surface area contributed by atoms with E-state index in [0.29, 0.717) is 23.9 Å². The number of amides is 1. The molecule has 4 aromatic rings. The Morgan fingerprint density at radius 2 is 2.06 bits per heavy atom. The van der Waals surface area contributed by atoms with Crippen molar-refractivity contribution in [3.8, 4) is 11.1 Å². The predicted molar refractivity (Wildman–Crippen MR) is 116 cm³/mol. The first-order valence-corrected chi connectivity index (χ1v) is 10.9. The quantitative estimate of drug-likeness (QED) is 0.530. The lowest BCUT2D eigenvalue weighted by molar-refractivity contribution is -0.130. The minimum Gasteiger partial charge on any atom is -0.351 e. The summed E-state index contributed by atoms with van der Waals surface area (Å²) in [5.74, 6) is 0.979. The monoisotopic (exact) mass is 416 g/mol. The molecule has 5 heterocycles. The third kappa shape index (κ3) is 3.30. The van der Waals surface area contributed by atoms with Crippen molar-refractivity contribution in [1.82, 2.24) is 34.4 Å². The van der Waals surface area contributed by atoms with E-state index in [1.54, 1.807) is 6.33 Å². The van der Waals surface area contributed by atoms with E-state index >= 15 is 0 Å². The van der Waals surface area contributed by atoms with Crippen molar-refractivity contribution in [1.29, 1.82) is 0 Å². The number of nitrogens with one attached hydrogen (secondary N) is 2. The first-order valence-electron chi connectivity index (χ1n) is 10.9. The summed E-state index contributed by atoms with van der Waals surface area (Å²) in [5.41, 5.74) is 3.73. The highest BCUT2D eigenvalue weighted by Gasteiger charge is 2.31. The Kier molecular flexibility index (Phi) is 4.33. The number of aromatic nitrogens is 6. The molecule has 6 rings (SSSR count). The van der Waals surface area contributed by atoms with Gasteiger partial charge in [0.1, 0.15) is 12.0 Å². The Balaban J connectivity index is 1.16. The summed E-state index contributed by atoms with van der Waals surface area (Å²) >= 11 is 0.